The highest BCUT2D eigenvalue weighted by atomic mass is 79.9. The summed E-state index contributed by atoms with van der Waals surface area (Å²) in [6.45, 7) is 0. The average molecular weight is 491 g/mol. The molecule has 0 spiro atoms. The van der Waals surface area contributed by atoms with Gasteiger partial charge in [0.15, 0.2) is 4.21 Å². The van der Waals surface area contributed by atoms with Crippen molar-refractivity contribution in [3.05, 3.63) is 37.0 Å². The van der Waals surface area contributed by atoms with Gasteiger partial charge in [-0.25, -0.2) is 8.42 Å². The standard InChI is InChI=1S/C10H7Br3N2O2S2/c11-6-1-2-18-10(6)19(16,17)15-9-7(12)3-5(14)4-8(9)13/h1-4,15H,14H2. The van der Waals surface area contributed by atoms with Crippen LogP contribution in [0.4, 0.5) is 11.4 Å². The molecule has 0 aliphatic rings. The lowest BCUT2D eigenvalue weighted by Crippen LogP contribution is -2.13. The van der Waals surface area contributed by atoms with E-state index < -0.39 is 10.0 Å². The molecule has 2 aromatic rings. The fourth-order valence-electron chi connectivity index (χ4n) is 1.34. The quantitative estimate of drug-likeness (QED) is 0.626. The third kappa shape index (κ3) is 3.33. The van der Waals surface area contributed by atoms with Crippen LogP contribution in [-0.4, -0.2) is 8.42 Å². The maximum Gasteiger partial charge on any atom is 0.272 e. The Morgan fingerprint density at radius 2 is 1.68 bits per heavy atom. The summed E-state index contributed by atoms with van der Waals surface area (Å²) in [6, 6.07) is 4.95. The van der Waals surface area contributed by atoms with Gasteiger partial charge in [-0.05, 0) is 71.4 Å². The van der Waals surface area contributed by atoms with Crippen molar-refractivity contribution in [2.45, 2.75) is 4.21 Å². The first-order valence-electron chi connectivity index (χ1n) is 4.81. The molecular weight excluding hydrogens is 484 g/mol. The molecule has 3 N–H and O–H groups in total. The van der Waals surface area contributed by atoms with Crippen LogP contribution < -0.4 is 10.5 Å². The third-order valence-electron chi connectivity index (χ3n) is 2.13. The van der Waals surface area contributed by atoms with Crippen molar-refractivity contribution in [1.82, 2.24) is 0 Å². The zero-order chi connectivity index (χ0) is 14.2. The number of hydrogen-bond donors (Lipinski definition) is 2. The average Bonchev–Trinajstić information content (AvgIpc) is 2.70. The lowest BCUT2D eigenvalue weighted by Gasteiger charge is -2.11. The van der Waals surface area contributed by atoms with Crippen molar-refractivity contribution in [3.8, 4) is 0 Å². The van der Waals surface area contributed by atoms with Crippen LogP contribution in [0.2, 0.25) is 0 Å². The molecule has 19 heavy (non-hydrogen) atoms. The van der Waals surface area contributed by atoms with E-state index in [9.17, 15) is 8.42 Å². The molecule has 1 aromatic carbocycles. The van der Waals surface area contributed by atoms with E-state index in [4.69, 9.17) is 5.73 Å². The topological polar surface area (TPSA) is 72.2 Å². The summed E-state index contributed by atoms with van der Waals surface area (Å²) in [6.07, 6.45) is 0. The van der Waals surface area contributed by atoms with Gasteiger partial charge in [0.05, 0.1) is 5.69 Å². The van der Waals surface area contributed by atoms with E-state index in [2.05, 4.69) is 52.5 Å². The Bertz CT molecular complexity index is 705. The Morgan fingerprint density at radius 1 is 1.11 bits per heavy atom. The number of thiophene rings is 1. The molecule has 102 valence electrons. The number of halogens is 3. The first-order chi connectivity index (χ1) is 8.81. The number of sulfonamides is 1. The lowest BCUT2D eigenvalue weighted by atomic mass is 10.3. The minimum atomic E-state index is -3.64. The number of rotatable bonds is 3. The van der Waals surface area contributed by atoms with Crippen molar-refractivity contribution < 1.29 is 8.42 Å². The van der Waals surface area contributed by atoms with Crippen LogP contribution >= 0.6 is 59.1 Å². The molecule has 1 aromatic heterocycles. The van der Waals surface area contributed by atoms with E-state index in [-0.39, 0.29) is 4.21 Å². The van der Waals surface area contributed by atoms with Crippen LogP contribution in [0.5, 0.6) is 0 Å². The van der Waals surface area contributed by atoms with Gasteiger partial charge in [0.1, 0.15) is 0 Å². The molecule has 0 atom stereocenters. The minimum Gasteiger partial charge on any atom is -0.399 e. The van der Waals surface area contributed by atoms with Crippen molar-refractivity contribution in [1.29, 1.82) is 0 Å². The molecule has 4 nitrogen and oxygen atoms in total. The lowest BCUT2D eigenvalue weighted by molar-refractivity contribution is 0.602. The monoisotopic (exact) mass is 488 g/mol. The highest BCUT2D eigenvalue weighted by molar-refractivity contribution is 9.11. The first-order valence-corrected chi connectivity index (χ1v) is 9.56. The predicted octanol–water partition coefficient (Wildman–Crippen LogP) is 4.42. The summed E-state index contributed by atoms with van der Waals surface area (Å²) in [4.78, 5) is 0. The normalized spacial score (nSPS) is 11.5. The van der Waals surface area contributed by atoms with E-state index in [0.29, 0.717) is 24.8 Å². The summed E-state index contributed by atoms with van der Waals surface area (Å²) in [5.74, 6) is 0. The minimum absolute atomic E-state index is 0.225. The zero-order valence-electron chi connectivity index (χ0n) is 9.15. The third-order valence-corrected chi connectivity index (χ3v) is 7.40. The van der Waals surface area contributed by atoms with Gasteiger partial charge in [-0.1, -0.05) is 0 Å². The largest absolute Gasteiger partial charge is 0.399 e. The van der Waals surface area contributed by atoms with Crippen LogP contribution in [0, 0.1) is 0 Å². The molecular formula is C10H7Br3N2O2S2. The molecule has 0 radical (unpaired) electrons. The summed E-state index contributed by atoms with van der Waals surface area (Å²) >= 11 is 10.9. The number of anilines is 2. The fourth-order valence-corrected chi connectivity index (χ4v) is 6.46. The van der Waals surface area contributed by atoms with Crippen LogP contribution in [0.1, 0.15) is 0 Å². The number of benzene rings is 1. The van der Waals surface area contributed by atoms with Gasteiger partial charge in [-0.15, -0.1) is 11.3 Å². The molecule has 0 unspecified atom stereocenters. The van der Waals surface area contributed by atoms with Crippen molar-refractivity contribution in [2.75, 3.05) is 10.5 Å². The van der Waals surface area contributed by atoms with Crippen molar-refractivity contribution in [3.63, 3.8) is 0 Å². The van der Waals surface area contributed by atoms with E-state index in [1.54, 1.807) is 23.6 Å². The number of nitrogens with two attached hydrogens (primary N) is 1. The molecule has 0 fully saturated rings. The molecule has 0 bridgehead atoms. The van der Waals surface area contributed by atoms with Crippen molar-refractivity contribution in [2.24, 2.45) is 0 Å². The smallest absolute Gasteiger partial charge is 0.272 e. The predicted molar refractivity (Wildman–Crippen MR) is 89.1 cm³/mol. The molecule has 9 heteroatoms. The molecule has 0 saturated carbocycles. The van der Waals surface area contributed by atoms with Gasteiger partial charge >= 0.3 is 0 Å². The van der Waals surface area contributed by atoms with Crippen LogP contribution in [0.25, 0.3) is 0 Å². The molecule has 0 saturated heterocycles. The second-order valence-corrected chi connectivity index (χ2v) is 8.88. The molecule has 0 aliphatic heterocycles. The Kier molecular flexibility index (Phi) is 4.61. The van der Waals surface area contributed by atoms with Crippen LogP contribution in [-0.2, 0) is 10.0 Å². The SMILES string of the molecule is Nc1cc(Br)c(NS(=O)(=O)c2sccc2Br)c(Br)c1. The second kappa shape index (κ2) is 5.72. The van der Waals surface area contributed by atoms with E-state index in [1.807, 2.05) is 0 Å². The fraction of sp³-hybridized carbons (Fsp3) is 0. The van der Waals surface area contributed by atoms with E-state index in [1.165, 1.54) is 0 Å². The van der Waals surface area contributed by atoms with E-state index in [0.717, 1.165) is 11.3 Å². The highest BCUT2D eigenvalue weighted by Crippen LogP contribution is 2.36. The van der Waals surface area contributed by atoms with Gasteiger partial charge in [-0.2, -0.15) is 0 Å². The Morgan fingerprint density at radius 3 is 2.16 bits per heavy atom. The molecule has 0 aliphatic carbocycles. The second-order valence-electron chi connectivity index (χ2n) is 3.52. The molecule has 2 rings (SSSR count). The number of hydrogen-bond acceptors (Lipinski definition) is 4. The summed E-state index contributed by atoms with van der Waals surface area (Å²) < 4.78 is 29.0. The number of nitrogens with one attached hydrogen (secondary N) is 1. The Labute approximate surface area is 139 Å². The first kappa shape index (κ1) is 15.3. The van der Waals surface area contributed by atoms with Gasteiger partial charge in [0.25, 0.3) is 10.0 Å². The molecule has 0 amide bonds. The Hall–Kier alpha value is -0.0900. The van der Waals surface area contributed by atoms with Crippen molar-refractivity contribution >= 4 is 80.5 Å². The zero-order valence-corrected chi connectivity index (χ0v) is 15.5. The summed E-state index contributed by atoms with van der Waals surface area (Å²) in [5.41, 5.74) is 6.61. The maximum absolute atomic E-state index is 12.3. The van der Waals surface area contributed by atoms with E-state index >= 15 is 0 Å². The van der Waals surface area contributed by atoms with Gasteiger partial charge in [-0.3, -0.25) is 4.72 Å². The van der Waals surface area contributed by atoms with Gasteiger partial charge in [0, 0.05) is 19.1 Å². The van der Waals surface area contributed by atoms with Crippen LogP contribution in [0.15, 0.2) is 41.2 Å². The Balaban J connectivity index is 2.45. The summed E-state index contributed by atoms with van der Waals surface area (Å²) in [5, 5.41) is 1.70. The number of nitrogen functional groups attached to an aromatic ring is 1. The van der Waals surface area contributed by atoms with Gasteiger partial charge in [0.2, 0.25) is 0 Å². The van der Waals surface area contributed by atoms with Crippen LogP contribution in [0.3, 0.4) is 0 Å². The van der Waals surface area contributed by atoms with Gasteiger partial charge < -0.3 is 5.73 Å². The highest BCUT2D eigenvalue weighted by Gasteiger charge is 2.21. The summed E-state index contributed by atoms with van der Waals surface area (Å²) in [7, 11) is -3.64. The maximum atomic E-state index is 12.3. The molecule has 1 heterocycles.